The Bertz CT molecular complexity index is 421. The molecule has 1 aliphatic heterocycles. The van der Waals surface area contributed by atoms with Gasteiger partial charge in [-0.05, 0) is 17.8 Å². The number of hydrogen-bond donors (Lipinski definition) is 2. The molecule has 0 radical (unpaired) electrons. The fraction of sp³-hybridized carbons (Fsp3) is 0.562. The van der Waals surface area contributed by atoms with E-state index in [4.69, 9.17) is 17.0 Å². The van der Waals surface area contributed by atoms with Crippen LogP contribution in [0.4, 0.5) is 0 Å². The molecule has 1 fully saturated rings. The Labute approximate surface area is 133 Å². The van der Waals surface area contributed by atoms with Gasteiger partial charge in [-0.25, -0.2) is 0 Å². The summed E-state index contributed by atoms with van der Waals surface area (Å²) in [6.07, 6.45) is 1.15. The van der Waals surface area contributed by atoms with Crippen molar-refractivity contribution >= 4 is 17.3 Å². The molecule has 4 nitrogen and oxygen atoms in total. The smallest absolute Gasteiger partial charge is 0.168 e. The lowest BCUT2D eigenvalue weighted by Gasteiger charge is -2.24. The SMILES string of the molecule is CN(Cc1ccccc1)C(=S)NCCC[NH+]1CCOCC1. The first-order valence-corrected chi connectivity index (χ1v) is 8.11. The van der Waals surface area contributed by atoms with Gasteiger partial charge in [-0.2, -0.15) is 0 Å². The molecule has 0 bridgehead atoms. The Balaban J connectivity index is 1.60. The maximum atomic E-state index is 5.43. The zero-order chi connectivity index (χ0) is 14.9. The average Bonchev–Trinajstić information content (AvgIpc) is 2.53. The zero-order valence-electron chi connectivity index (χ0n) is 12.8. The fourth-order valence-corrected chi connectivity index (χ4v) is 2.67. The molecule has 1 saturated heterocycles. The predicted molar refractivity (Wildman–Crippen MR) is 89.5 cm³/mol. The van der Waals surface area contributed by atoms with Crippen molar-refractivity contribution in [3.8, 4) is 0 Å². The van der Waals surface area contributed by atoms with Gasteiger partial charge in [0, 0.05) is 26.6 Å². The number of benzene rings is 1. The first kappa shape index (κ1) is 16.2. The number of thiocarbonyl (C=S) groups is 1. The molecule has 116 valence electrons. The summed E-state index contributed by atoms with van der Waals surface area (Å²) >= 11 is 5.43. The van der Waals surface area contributed by atoms with Crippen molar-refractivity contribution in [1.29, 1.82) is 0 Å². The first-order valence-electron chi connectivity index (χ1n) is 7.70. The number of quaternary nitrogens is 1. The van der Waals surface area contributed by atoms with E-state index in [1.165, 1.54) is 12.1 Å². The second kappa shape index (κ2) is 8.97. The molecule has 2 rings (SSSR count). The number of morpholine rings is 1. The topological polar surface area (TPSA) is 28.9 Å². The van der Waals surface area contributed by atoms with E-state index in [0.717, 1.165) is 50.9 Å². The number of nitrogens with zero attached hydrogens (tertiary/aromatic N) is 1. The van der Waals surface area contributed by atoms with Gasteiger partial charge in [-0.15, -0.1) is 0 Å². The standard InChI is InChI=1S/C16H25N3OS/c1-18(14-15-6-3-2-4-7-15)16(21)17-8-5-9-19-10-12-20-13-11-19/h2-4,6-7H,5,8-14H2,1H3,(H,17,21)/p+1. The van der Waals surface area contributed by atoms with Crippen LogP contribution in [0.2, 0.25) is 0 Å². The van der Waals surface area contributed by atoms with Crippen molar-refractivity contribution in [1.82, 2.24) is 10.2 Å². The Morgan fingerprint density at radius 1 is 1.29 bits per heavy atom. The van der Waals surface area contributed by atoms with Crippen LogP contribution in [0.3, 0.4) is 0 Å². The molecule has 0 amide bonds. The molecule has 1 heterocycles. The lowest BCUT2D eigenvalue weighted by Crippen LogP contribution is -3.14. The van der Waals surface area contributed by atoms with E-state index in [0.29, 0.717) is 0 Å². The van der Waals surface area contributed by atoms with Crippen LogP contribution < -0.4 is 10.2 Å². The molecule has 1 aliphatic rings. The Morgan fingerprint density at radius 2 is 2.00 bits per heavy atom. The molecule has 0 unspecified atom stereocenters. The third-order valence-corrected chi connectivity index (χ3v) is 4.25. The fourth-order valence-electron chi connectivity index (χ4n) is 2.51. The van der Waals surface area contributed by atoms with Gasteiger partial charge in [-0.1, -0.05) is 30.3 Å². The summed E-state index contributed by atoms with van der Waals surface area (Å²) in [5, 5.41) is 4.18. The number of ether oxygens (including phenoxy) is 1. The van der Waals surface area contributed by atoms with Crippen molar-refractivity contribution in [2.45, 2.75) is 13.0 Å². The highest BCUT2D eigenvalue weighted by atomic mass is 32.1. The van der Waals surface area contributed by atoms with Gasteiger partial charge in [0.25, 0.3) is 0 Å². The van der Waals surface area contributed by atoms with E-state index in [9.17, 15) is 0 Å². The number of nitrogens with one attached hydrogen (secondary N) is 2. The molecule has 0 spiro atoms. The van der Waals surface area contributed by atoms with E-state index in [1.54, 1.807) is 4.90 Å². The molecule has 0 aromatic heterocycles. The van der Waals surface area contributed by atoms with Gasteiger partial charge in [0.15, 0.2) is 5.11 Å². The van der Waals surface area contributed by atoms with Crippen LogP contribution in [-0.2, 0) is 11.3 Å². The molecule has 0 atom stereocenters. The van der Waals surface area contributed by atoms with Gasteiger partial charge in [0.2, 0.25) is 0 Å². The third kappa shape index (κ3) is 5.99. The van der Waals surface area contributed by atoms with Crippen molar-refractivity contribution in [3.05, 3.63) is 35.9 Å². The van der Waals surface area contributed by atoms with Gasteiger partial charge >= 0.3 is 0 Å². The van der Waals surface area contributed by atoms with Crippen LogP contribution in [0.5, 0.6) is 0 Å². The lowest BCUT2D eigenvalue weighted by atomic mass is 10.2. The Morgan fingerprint density at radius 3 is 2.71 bits per heavy atom. The van der Waals surface area contributed by atoms with E-state index < -0.39 is 0 Å². The average molecular weight is 308 g/mol. The largest absolute Gasteiger partial charge is 0.370 e. The van der Waals surface area contributed by atoms with Crippen LogP contribution in [-0.4, -0.2) is 56.5 Å². The van der Waals surface area contributed by atoms with Crippen molar-refractivity contribution in [3.63, 3.8) is 0 Å². The summed E-state index contributed by atoms with van der Waals surface area (Å²) < 4.78 is 5.37. The lowest BCUT2D eigenvalue weighted by molar-refractivity contribution is -0.908. The summed E-state index contributed by atoms with van der Waals surface area (Å²) in [6, 6.07) is 10.4. The monoisotopic (exact) mass is 308 g/mol. The maximum absolute atomic E-state index is 5.43. The molecule has 5 heteroatoms. The highest BCUT2D eigenvalue weighted by molar-refractivity contribution is 7.80. The Kier molecular flexibility index (Phi) is 6.92. The second-order valence-electron chi connectivity index (χ2n) is 5.54. The third-order valence-electron chi connectivity index (χ3n) is 3.79. The molecular formula is C16H26N3OS+. The molecule has 0 saturated carbocycles. The summed E-state index contributed by atoms with van der Waals surface area (Å²) in [4.78, 5) is 3.73. The van der Waals surface area contributed by atoms with Crippen molar-refractivity contribution in [2.75, 3.05) is 46.4 Å². The molecular weight excluding hydrogens is 282 g/mol. The van der Waals surface area contributed by atoms with Crippen LogP contribution in [0.15, 0.2) is 30.3 Å². The number of hydrogen-bond acceptors (Lipinski definition) is 2. The minimum Gasteiger partial charge on any atom is -0.370 e. The molecule has 21 heavy (non-hydrogen) atoms. The van der Waals surface area contributed by atoms with Crippen molar-refractivity contribution in [2.24, 2.45) is 0 Å². The normalized spacial score (nSPS) is 15.7. The molecule has 2 N–H and O–H groups in total. The summed E-state index contributed by atoms with van der Waals surface area (Å²) in [6.45, 7) is 7.07. The van der Waals surface area contributed by atoms with Crippen LogP contribution in [0.1, 0.15) is 12.0 Å². The quantitative estimate of drug-likeness (QED) is 0.584. The van der Waals surface area contributed by atoms with Gasteiger partial charge in [0.05, 0.1) is 19.8 Å². The van der Waals surface area contributed by atoms with Crippen LogP contribution in [0, 0.1) is 0 Å². The molecule has 1 aromatic rings. The van der Waals surface area contributed by atoms with Crippen LogP contribution >= 0.6 is 12.2 Å². The second-order valence-corrected chi connectivity index (χ2v) is 5.93. The minimum atomic E-state index is 0.829. The molecule has 0 aliphatic carbocycles. The number of rotatable bonds is 6. The van der Waals surface area contributed by atoms with Crippen molar-refractivity contribution < 1.29 is 9.64 Å². The first-order chi connectivity index (χ1) is 10.3. The van der Waals surface area contributed by atoms with Gasteiger partial charge < -0.3 is 19.9 Å². The van der Waals surface area contributed by atoms with Crippen LogP contribution in [0.25, 0.3) is 0 Å². The summed E-state index contributed by atoms with van der Waals surface area (Å²) in [5.41, 5.74) is 1.28. The summed E-state index contributed by atoms with van der Waals surface area (Å²) in [7, 11) is 2.04. The zero-order valence-corrected chi connectivity index (χ0v) is 13.6. The van der Waals surface area contributed by atoms with E-state index in [1.807, 2.05) is 13.1 Å². The molecule has 1 aromatic carbocycles. The predicted octanol–water partition coefficient (Wildman–Crippen LogP) is 0.298. The van der Waals surface area contributed by atoms with Gasteiger partial charge in [-0.3, -0.25) is 0 Å². The summed E-state index contributed by atoms with van der Waals surface area (Å²) in [5.74, 6) is 0. The highest BCUT2D eigenvalue weighted by Gasteiger charge is 2.12. The Hall–Kier alpha value is -1.17. The van der Waals surface area contributed by atoms with E-state index >= 15 is 0 Å². The highest BCUT2D eigenvalue weighted by Crippen LogP contribution is 2.02. The maximum Gasteiger partial charge on any atom is 0.168 e. The van der Waals surface area contributed by atoms with Gasteiger partial charge in [0.1, 0.15) is 13.1 Å². The van der Waals surface area contributed by atoms with E-state index in [2.05, 4.69) is 34.5 Å². The van der Waals surface area contributed by atoms with E-state index in [-0.39, 0.29) is 0 Å². The minimum absolute atomic E-state index is 0.829.